The van der Waals surface area contributed by atoms with E-state index < -0.39 is 5.97 Å². The average molecular weight is 292 g/mol. The van der Waals surface area contributed by atoms with Crippen molar-refractivity contribution in [1.29, 1.82) is 0 Å². The number of esters is 1. The number of rotatable bonds is 7. The van der Waals surface area contributed by atoms with Gasteiger partial charge in [0.1, 0.15) is 11.5 Å². The first-order valence-electron chi connectivity index (χ1n) is 6.69. The average Bonchev–Trinajstić information content (AvgIpc) is 3.13. The maximum absolute atomic E-state index is 11.3. The van der Waals surface area contributed by atoms with E-state index in [2.05, 4.69) is 15.0 Å². The van der Waals surface area contributed by atoms with Crippen LogP contribution in [0.1, 0.15) is 28.1 Å². The van der Waals surface area contributed by atoms with Gasteiger partial charge in [0.25, 0.3) is 0 Å². The molecule has 0 spiro atoms. The molecule has 0 saturated heterocycles. The minimum absolute atomic E-state index is 0.134. The van der Waals surface area contributed by atoms with E-state index in [1.165, 1.54) is 7.11 Å². The summed E-state index contributed by atoms with van der Waals surface area (Å²) in [7, 11) is 5.32. The third-order valence-electron chi connectivity index (χ3n) is 3.18. The maximum Gasteiger partial charge on any atom is 0.373 e. The highest BCUT2D eigenvalue weighted by molar-refractivity contribution is 5.86. The molecule has 0 aromatic carbocycles. The van der Waals surface area contributed by atoms with E-state index in [0.717, 1.165) is 5.76 Å². The van der Waals surface area contributed by atoms with Gasteiger partial charge in [-0.1, -0.05) is 0 Å². The summed E-state index contributed by atoms with van der Waals surface area (Å²) < 4.78 is 15.4. The normalized spacial score (nSPS) is 12.6. The van der Waals surface area contributed by atoms with Crippen LogP contribution in [0.15, 0.2) is 39.4 Å². The van der Waals surface area contributed by atoms with E-state index in [1.54, 1.807) is 18.4 Å². The summed E-state index contributed by atoms with van der Waals surface area (Å²) in [6.45, 7) is 1.23. The number of hydrogen-bond acceptors (Lipinski definition) is 6. The number of nitrogens with zero attached hydrogens (tertiary/aromatic N) is 1. The third kappa shape index (κ3) is 3.96. The fourth-order valence-electron chi connectivity index (χ4n) is 2.03. The molecule has 0 fully saturated rings. The lowest BCUT2D eigenvalue weighted by molar-refractivity contribution is 0.0563. The molecular formula is C15H20N2O4. The molecule has 6 nitrogen and oxygen atoms in total. The van der Waals surface area contributed by atoms with Crippen molar-refractivity contribution in [2.75, 3.05) is 27.7 Å². The lowest BCUT2D eigenvalue weighted by atomic mass is 10.2. The van der Waals surface area contributed by atoms with Crippen molar-refractivity contribution in [3.05, 3.63) is 47.8 Å². The van der Waals surface area contributed by atoms with Crippen LogP contribution in [-0.2, 0) is 11.3 Å². The zero-order valence-electron chi connectivity index (χ0n) is 12.5. The number of carbonyl (C=O) groups is 1. The zero-order chi connectivity index (χ0) is 15.2. The Kier molecular flexibility index (Phi) is 5.19. The molecule has 2 rings (SSSR count). The van der Waals surface area contributed by atoms with Crippen molar-refractivity contribution in [3.63, 3.8) is 0 Å². The predicted molar refractivity (Wildman–Crippen MR) is 76.9 cm³/mol. The SMILES string of the molecule is COC(=O)c1ccc(CNCC(c2ccco2)N(C)C)o1. The Morgan fingerprint density at radius 1 is 1.38 bits per heavy atom. The first-order chi connectivity index (χ1) is 10.1. The molecule has 1 atom stereocenters. The second-order valence-electron chi connectivity index (χ2n) is 4.88. The first-order valence-corrected chi connectivity index (χ1v) is 6.69. The molecule has 2 aromatic heterocycles. The van der Waals surface area contributed by atoms with Crippen molar-refractivity contribution in [3.8, 4) is 0 Å². The number of ether oxygens (including phenoxy) is 1. The fourth-order valence-corrected chi connectivity index (χ4v) is 2.03. The van der Waals surface area contributed by atoms with E-state index in [4.69, 9.17) is 8.83 Å². The number of methoxy groups -OCH3 is 1. The quantitative estimate of drug-likeness (QED) is 0.788. The zero-order valence-corrected chi connectivity index (χ0v) is 12.5. The predicted octanol–water partition coefficient (Wildman–Crippen LogP) is 2.05. The van der Waals surface area contributed by atoms with Gasteiger partial charge in [-0.25, -0.2) is 4.79 Å². The van der Waals surface area contributed by atoms with E-state index in [-0.39, 0.29) is 11.8 Å². The van der Waals surface area contributed by atoms with E-state index in [1.807, 2.05) is 26.2 Å². The van der Waals surface area contributed by atoms with Crippen molar-refractivity contribution in [2.24, 2.45) is 0 Å². The monoisotopic (exact) mass is 292 g/mol. The topological polar surface area (TPSA) is 67.8 Å². The second-order valence-corrected chi connectivity index (χ2v) is 4.88. The Morgan fingerprint density at radius 3 is 2.81 bits per heavy atom. The van der Waals surface area contributed by atoms with Crippen LogP contribution in [0.5, 0.6) is 0 Å². The number of likely N-dealkylation sites (N-methyl/N-ethyl adjacent to an activating group) is 1. The molecule has 6 heteroatoms. The van der Waals surface area contributed by atoms with Gasteiger partial charge in [0, 0.05) is 6.54 Å². The van der Waals surface area contributed by atoms with E-state index in [9.17, 15) is 4.79 Å². The minimum atomic E-state index is -0.469. The summed E-state index contributed by atoms with van der Waals surface area (Å²) in [6, 6.07) is 7.33. The van der Waals surface area contributed by atoms with Gasteiger partial charge >= 0.3 is 5.97 Å². The first kappa shape index (κ1) is 15.3. The maximum atomic E-state index is 11.3. The van der Waals surface area contributed by atoms with Gasteiger partial charge in [0.15, 0.2) is 0 Å². The molecule has 0 radical (unpaired) electrons. The lowest BCUT2D eigenvalue weighted by Gasteiger charge is -2.22. The standard InChI is InChI=1S/C15H20N2O4/c1-17(2)12(13-5-4-8-20-13)10-16-9-11-6-7-14(21-11)15(18)19-3/h4-8,12,16H,9-10H2,1-3H3. The van der Waals surface area contributed by atoms with Crippen LogP contribution in [0.25, 0.3) is 0 Å². The van der Waals surface area contributed by atoms with Crippen LogP contribution in [-0.4, -0.2) is 38.6 Å². The molecule has 1 unspecified atom stereocenters. The van der Waals surface area contributed by atoms with Gasteiger partial charge in [-0.05, 0) is 38.4 Å². The number of carbonyl (C=O) groups excluding carboxylic acids is 1. The molecule has 0 bridgehead atoms. The Morgan fingerprint density at radius 2 is 2.19 bits per heavy atom. The van der Waals surface area contributed by atoms with Gasteiger partial charge in [-0.2, -0.15) is 0 Å². The smallest absolute Gasteiger partial charge is 0.373 e. The van der Waals surface area contributed by atoms with E-state index >= 15 is 0 Å². The largest absolute Gasteiger partial charge is 0.468 e. The summed E-state index contributed by atoms with van der Waals surface area (Å²) in [5.74, 6) is 1.34. The van der Waals surface area contributed by atoms with Gasteiger partial charge in [-0.15, -0.1) is 0 Å². The Balaban J connectivity index is 1.88. The molecule has 2 heterocycles. The van der Waals surface area contributed by atoms with Crippen molar-refractivity contribution in [1.82, 2.24) is 10.2 Å². The minimum Gasteiger partial charge on any atom is -0.468 e. The number of hydrogen-bond donors (Lipinski definition) is 1. The summed E-state index contributed by atoms with van der Waals surface area (Å²) in [5, 5.41) is 3.29. The summed E-state index contributed by atoms with van der Waals surface area (Å²) in [4.78, 5) is 13.4. The molecular weight excluding hydrogens is 272 g/mol. The third-order valence-corrected chi connectivity index (χ3v) is 3.18. The van der Waals surface area contributed by atoms with Crippen LogP contribution in [0, 0.1) is 0 Å². The van der Waals surface area contributed by atoms with Gasteiger partial charge < -0.3 is 18.9 Å². The molecule has 0 aliphatic heterocycles. The number of furan rings is 2. The molecule has 0 saturated carbocycles. The van der Waals surface area contributed by atoms with E-state index in [0.29, 0.717) is 18.8 Å². The Hall–Kier alpha value is -2.05. The lowest BCUT2D eigenvalue weighted by Crippen LogP contribution is -2.30. The van der Waals surface area contributed by atoms with Crippen LogP contribution in [0.3, 0.4) is 0 Å². The van der Waals surface area contributed by atoms with Crippen LogP contribution in [0.4, 0.5) is 0 Å². The number of nitrogens with one attached hydrogen (secondary N) is 1. The van der Waals surface area contributed by atoms with Crippen molar-refractivity contribution in [2.45, 2.75) is 12.6 Å². The second kappa shape index (κ2) is 7.10. The molecule has 1 N–H and O–H groups in total. The van der Waals surface area contributed by atoms with Crippen LogP contribution in [0.2, 0.25) is 0 Å². The van der Waals surface area contributed by atoms with Crippen molar-refractivity contribution < 1.29 is 18.4 Å². The Bertz CT molecular complexity index is 560. The Labute approximate surface area is 123 Å². The molecule has 0 amide bonds. The van der Waals surface area contributed by atoms with Gasteiger partial charge in [-0.3, -0.25) is 4.90 Å². The summed E-state index contributed by atoms with van der Waals surface area (Å²) in [6.07, 6.45) is 1.67. The van der Waals surface area contributed by atoms with Crippen LogP contribution < -0.4 is 5.32 Å². The molecule has 0 aliphatic rings. The van der Waals surface area contributed by atoms with Crippen molar-refractivity contribution >= 4 is 5.97 Å². The molecule has 114 valence electrons. The summed E-state index contributed by atoms with van der Waals surface area (Å²) in [5.41, 5.74) is 0. The molecule has 0 aliphatic carbocycles. The van der Waals surface area contributed by atoms with Crippen LogP contribution >= 0.6 is 0 Å². The molecule has 2 aromatic rings. The molecule has 21 heavy (non-hydrogen) atoms. The van der Waals surface area contributed by atoms with Gasteiger partial charge in [0.2, 0.25) is 5.76 Å². The summed E-state index contributed by atoms with van der Waals surface area (Å²) >= 11 is 0. The highest BCUT2D eigenvalue weighted by atomic mass is 16.5. The highest BCUT2D eigenvalue weighted by Crippen LogP contribution is 2.18. The highest BCUT2D eigenvalue weighted by Gasteiger charge is 2.17. The fraction of sp³-hybridized carbons (Fsp3) is 0.400. The van der Waals surface area contributed by atoms with Gasteiger partial charge in [0.05, 0.1) is 26.0 Å².